The third-order valence-corrected chi connectivity index (χ3v) is 5.15. The lowest BCUT2D eigenvalue weighted by atomic mass is 9.97. The van der Waals surface area contributed by atoms with Crippen LogP contribution in [0.15, 0.2) is 0 Å². The molecule has 1 amide bonds. The monoisotopic (exact) mass is 404 g/mol. The molecule has 0 radical (unpaired) electrons. The van der Waals surface area contributed by atoms with Crippen LogP contribution in [0, 0.1) is 0 Å². The number of nitrogens with two attached hydrogens (primary N) is 1. The summed E-state index contributed by atoms with van der Waals surface area (Å²) in [6, 6.07) is -1.11. The number of aliphatic hydroxyl groups excluding tert-OH is 3. The predicted octanol–water partition coefficient (Wildman–Crippen LogP) is 0.805. The molecule has 8 heteroatoms. The van der Waals surface area contributed by atoms with Gasteiger partial charge >= 0.3 is 0 Å². The van der Waals surface area contributed by atoms with E-state index in [0.717, 1.165) is 19.3 Å². The molecule has 1 rings (SSSR count). The van der Waals surface area contributed by atoms with E-state index < -0.39 is 37.3 Å². The van der Waals surface area contributed by atoms with Crippen LogP contribution in [0.3, 0.4) is 0 Å². The summed E-state index contributed by atoms with van der Waals surface area (Å²) in [6.07, 6.45) is 6.09. The highest BCUT2D eigenvalue weighted by atomic mass is 16.7. The molecule has 2 unspecified atom stereocenters. The fourth-order valence-electron chi connectivity index (χ4n) is 3.46. The Labute approximate surface area is 168 Å². The first-order valence-corrected chi connectivity index (χ1v) is 10.7. The van der Waals surface area contributed by atoms with Crippen molar-refractivity contribution >= 4 is 5.91 Å². The molecule has 1 saturated heterocycles. The second-order valence-corrected chi connectivity index (χ2v) is 7.79. The van der Waals surface area contributed by atoms with Crippen molar-refractivity contribution in [2.45, 2.75) is 108 Å². The lowest BCUT2D eigenvalue weighted by Crippen LogP contribution is -2.64. The van der Waals surface area contributed by atoms with Gasteiger partial charge in [0.25, 0.3) is 0 Å². The minimum absolute atomic E-state index is 0.182. The van der Waals surface area contributed by atoms with E-state index in [1.165, 1.54) is 45.4 Å². The molecule has 1 heterocycles. The third-order valence-electron chi connectivity index (χ3n) is 5.15. The van der Waals surface area contributed by atoms with E-state index in [4.69, 9.17) is 15.2 Å². The number of unbranched alkanes of at least 4 members (excludes halogenated alkanes) is 7. The maximum absolute atomic E-state index is 11.4. The fourth-order valence-corrected chi connectivity index (χ4v) is 3.46. The number of nitrogens with one attached hydrogen (secondary N) is 1. The summed E-state index contributed by atoms with van der Waals surface area (Å²) in [5.74, 6) is -0.376. The summed E-state index contributed by atoms with van der Waals surface area (Å²) in [4.78, 5) is 11.4. The van der Waals surface area contributed by atoms with E-state index in [0.29, 0.717) is 0 Å². The van der Waals surface area contributed by atoms with Crippen LogP contribution in [0.2, 0.25) is 0 Å². The van der Waals surface area contributed by atoms with Crippen molar-refractivity contribution in [2.24, 2.45) is 5.73 Å². The Hall–Kier alpha value is -0.770. The fraction of sp³-hybridized carbons (Fsp3) is 0.950. The van der Waals surface area contributed by atoms with Crippen LogP contribution in [0.25, 0.3) is 0 Å². The molecule has 0 aromatic rings. The number of carbonyl (C=O) groups is 1. The number of aliphatic hydroxyl groups is 3. The molecule has 0 saturated carbocycles. The third kappa shape index (κ3) is 9.15. The maximum Gasteiger partial charge on any atom is 0.217 e. The zero-order valence-electron chi connectivity index (χ0n) is 17.4. The number of ether oxygens (including phenoxy) is 2. The van der Waals surface area contributed by atoms with Crippen molar-refractivity contribution in [3.05, 3.63) is 0 Å². The lowest BCUT2D eigenvalue weighted by Gasteiger charge is -2.42. The number of hydrogen-bond acceptors (Lipinski definition) is 7. The van der Waals surface area contributed by atoms with Crippen LogP contribution in [0.1, 0.15) is 71.6 Å². The first-order chi connectivity index (χ1) is 13.4. The van der Waals surface area contributed by atoms with Crippen LogP contribution < -0.4 is 11.1 Å². The zero-order chi connectivity index (χ0) is 20.9. The molecule has 0 aromatic carbocycles. The highest BCUT2D eigenvalue weighted by Gasteiger charge is 2.45. The van der Waals surface area contributed by atoms with Crippen molar-refractivity contribution in [3.63, 3.8) is 0 Å². The topological polar surface area (TPSA) is 134 Å². The second-order valence-electron chi connectivity index (χ2n) is 7.79. The Morgan fingerprint density at radius 3 is 2.29 bits per heavy atom. The maximum atomic E-state index is 11.4. The van der Waals surface area contributed by atoms with Gasteiger partial charge in [-0.1, -0.05) is 58.3 Å². The Morgan fingerprint density at radius 1 is 1.11 bits per heavy atom. The number of rotatable bonds is 14. The molecule has 0 bridgehead atoms. The van der Waals surface area contributed by atoms with Gasteiger partial charge in [-0.3, -0.25) is 4.79 Å². The van der Waals surface area contributed by atoms with Gasteiger partial charge in [-0.2, -0.15) is 0 Å². The molecule has 1 fully saturated rings. The van der Waals surface area contributed by atoms with Crippen molar-refractivity contribution in [2.75, 3.05) is 13.2 Å². The predicted molar refractivity (Wildman–Crippen MR) is 107 cm³/mol. The average Bonchev–Trinajstić information content (AvgIpc) is 2.66. The molecule has 1 aliphatic heterocycles. The summed E-state index contributed by atoms with van der Waals surface area (Å²) in [5.41, 5.74) is 6.12. The Morgan fingerprint density at radius 2 is 1.71 bits per heavy atom. The van der Waals surface area contributed by atoms with E-state index in [9.17, 15) is 20.1 Å². The van der Waals surface area contributed by atoms with E-state index in [2.05, 4.69) is 12.2 Å². The van der Waals surface area contributed by atoms with Gasteiger partial charge in [0.15, 0.2) is 6.29 Å². The molecule has 28 heavy (non-hydrogen) atoms. The van der Waals surface area contributed by atoms with Gasteiger partial charge in [-0.25, -0.2) is 0 Å². The number of hydrogen-bond donors (Lipinski definition) is 5. The Balaban J connectivity index is 2.33. The normalized spacial score (nSPS) is 28.9. The zero-order valence-corrected chi connectivity index (χ0v) is 17.4. The van der Waals surface area contributed by atoms with Crippen LogP contribution >= 0.6 is 0 Å². The van der Waals surface area contributed by atoms with Crippen molar-refractivity contribution < 1.29 is 29.6 Å². The molecule has 6 atom stereocenters. The van der Waals surface area contributed by atoms with Crippen LogP contribution in [0.5, 0.6) is 0 Å². The SMILES string of the molecule is CCCCCCCCCC[C@H](N)CO[C@@H]1OC(CO)[C@@H](O)[C@H](O)C1NC(C)=O. The van der Waals surface area contributed by atoms with Crippen LogP contribution in [-0.2, 0) is 14.3 Å². The molecule has 1 aliphatic rings. The molecule has 8 nitrogen and oxygen atoms in total. The number of amides is 1. The highest BCUT2D eigenvalue weighted by molar-refractivity contribution is 5.73. The van der Waals surface area contributed by atoms with E-state index in [1.807, 2.05) is 0 Å². The summed E-state index contributed by atoms with van der Waals surface area (Å²) in [7, 11) is 0. The largest absolute Gasteiger partial charge is 0.394 e. The van der Waals surface area contributed by atoms with Crippen molar-refractivity contribution in [1.29, 1.82) is 0 Å². The van der Waals surface area contributed by atoms with Crippen molar-refractivity contribution in [1.82, 2.24) is 5.32 Å². The molecule has 166 valence electrons. The van der Waals surface area contributed by atoms with E-state index in [-0.39, 0.29) is 18.6 Å². The van der Waals surface area contributed by atoms with E-state index in [1.54, 1.807) is 0 Å². The first kappa shape index (κ1) is 25.3. The summed E-state index contributed by atoms with van der Waals surface area (Å²) >= 11 is 0. The Bertz CT molecular complexity index is 426. The highest BCUT2D eigenvalue weighted by Crippen LogP contribution is 2.22. The molecule has 0 spiro atoms. The summed E-state index contributed by atoms with van der Waals surface area (Å²) in [5, 5.41) is 32.1. The first-order valence-electron chi connectivity index (χ1n) is 10.7. The molecule has 0 aromatic heterocycles. The standard InChI is InChI=1S/C20H40N2O6/c1-3-4-5-6-7-8-9-10-11-15(21)13-27-20-17(22-14(2)24)19(26)18(25)16(12-23)28-20/h15-20,23,25-26H,3-13,21H2,1-2H3,(H,22,24)/t15-,16?,17?,18+,19+,20+/m0/s1. The van der Waals surface area contributed by atoms with Crippen LogP contribution in [0.4, 0.5) is 0 Å². The van der Waals surface area contributed by atoms with Gasteiger partial charge in [0.2, 0.25) is 5.91 Å². The molecule has 0 aliphatic carbocycles. The van der Waals surface area contributed by atoms with Crippen LogP contribution in [-0.4, -0.2) is 71.1 Å². The minimum Gasteiger partial charge on any atom is -0.394 e. The molecular weight excluding hydrogens is 364 g/mol. The number of carbonyl (C=O) groups excluding carboxylic acids is 1. The Kier molecular flexibility index (Phi) is 12.9. The lowest BCUT2D eigenvalue weighted by molar-refractivity contribution is -0.271. The van der Waals surface area contributed by atoms with Gasteiger partial charge in [0.05, 0.1) is 13.2 Å². The van der Waals surface area contributed by atoms with Crippen molar-refractivity contribution in [3.8, 4) is 0 Å². The second kappa shape index (κ2) is 14.3. The molecular formula is C20H40N2O6. The van der Waals surface area contributed by atoms with Gasteiger partial charge in [0.1, 0.15) is 24.4 Å². The quantitative estimate of drug-likeness (QED) is 0.270. The van der Waals surface area contributed by atoms with E-state index >= 15 is 0 Å². The average molecular weight is 405 g/mol. The molecule has 6 N–H and O–H groups in total. The summed E-state index contributed by atoms with van der Waals surface area (Å²) in [6.45, 7) is 3.27. The van der Waals surface area contributed by atoms with Gasteiger partial charge in [-0.15, -0.1) is 0 Å². The van der Waals surface area contributed by atoms with Gasteiger partial charge in [-0.05, 0) is 6.42 Å². The van der Waals surface area contributed by atoms with Gasteiger partial charge < -0.3 is 35.8 Å². The minimum atomic E-state index is -1.31. The van der Waals surface area contributed by atoms with Gasteiger partial charge in [0, 0.05) is 13.0 Å². The summed E-state index contributed by atoms with van der Waals surface area (Å²) < 4.78 is 11.2. The smallest absolute Gasteiger partial charge is 0.217 e.